The number of piperidine rings is 1. The lowest BCUT2D eigenvalue weighted by molar-refractivity contribution is 0.00706. The van der Waals surface area contributed by atoms with Crippen molar-refractivity contribution in [3.05, 3.63) is 65.9 Å². The van der Waals surface area contributed by atoms with Gasteiger partial charge in [0.2, 0.25) is 0 Å². The Hall–Kier alpha value is -2.17. The van der Waals surface area contributed by atoms with Crippen molar-refractivity contribution in [1.82, 2.24) is 10.1 Å². The number of hydrogen-bond donors (Lipinski definition) is 0. The Morgan fingerprint density at radius 1 is 1.00 bits per heavy atom. The standard InChI is InChI=1S/C21H24N2O2/c1-2-6-17(7-3-1)16-23-13-10-18(11-14-23)24-15-12-20-19-8-4-5-9-21(19)25-22-20/h1-9,18H,10-16H2. The summed E-state index contributed by atoms with van der Waals surface area (Å²) < 4.78 is 11.4. The van der Waals surface area contributed by atoms with E-state index in [1.807, 2.05) is 18.2 Å². The van der Waals surface area contributed by atoms with Gasteiger partial charge >= 0.3 is 0 Å². The zero-order valence-electron chi connectivity index (χ0n) is 14.4. The third-order valence-electron chi connectivity index (χ3n) is 4.93. The molecule has 25 heavy (non-hydrogen) atoms. The summed E-state index contributed by atoms with van der Waals surface area (Å²) in [4.78, 5) is 2.51. The lowest BCUT2D eigenvalue weighted by Crippen LogP contribution is -2.36. The number of nitrogens with zero attached hydrogens (tertiary/aromatic N) is 2. The van der Waals surface area contributed by atoms with Gasteiger partial charge in [0, 0.05) is 31.4 Å². The SMILES string of the molecule is c1ccc(CN2CCC(OCCc3noc4ccccc34)CC2)cc1. The Morgan fingerprint density at radius 2 is 1.76 bits per heavy atom. The minimum Gasteiger partial charge on any atom is -0.378 e. The van der Waals surface area contributed by atoms with E-state index in [-0.39, 0.29) is 0 Å². The van der Waals surface area contributed by atoms with Crippen molar-refractivity contribution >= 4 is 11.0 Å². The number of para-hydroxylation sites is 1. The summed E-state index contributed by atoms with van der Waals surface area (Å²) in [5.74, 6) is 0. The fourth-order valence-corrected chi connectivity index (χ4v) is 3.52. The molecular formula is C21H24N2O2. The van der Waals surface area contributed by atoms with Crippen molar-refractivity contribution in [1.29, 1.82) is 0 Å². The Labute approximate surface area is 148 Å². The molecule has 1 aliphatic heterocycles. The van der Waals surface area contributed by atoms with E-state index in [1.165, 1.54) is 5.56 Å². The summed E-state index contributed by atoms with van der Waals surface area (Å²) in [7, 11) is 0. The smallest absolute Gasteiger partial charge is 0.167 e. The van der Waals surface area contributed by atoms with Gasteiger partial charge < -0.3 is 9.26 Å². The van der Waals surface area contributed by atoms with Gasteiger partial charge in [0.1, 0.15) is 0 Å². The minimum atomic E-state index is 0.366. The van der Waals surface area contributed by atoms with E-state index in [1.54, 1.807) is 0 Å². The summed E-state index contributed by atoms with van der Waals surface area (Å²) >= 11 is 0. The Bertz CT molecular complexity index is 792. The van der Waals surface area contributed by atoms with Crippen LogP contribution in [0.5, 0.6) is 0 Å². The van der Waals surface area contributed by atoms with Crippen molar-refractivity contribution < 1.29 is 9.26 Å². The van der Waals surface area contributed by atoms with E-state index >= 15 is 0 Å². The molecule has 0 unspecified atom stereocenters. The van der Waals surface area contributed by atoms with Gasteiger partial charge in [-0.2, -0.15) is 0 Å². The van der Waals surface area contributed by atoms with Crippen LogP contribution in [0.15, 0.2) is 59.1 Å². The van der Waals surface area contributed by atoms with E-state index in [0.717, 1.165) is 55.6 Å². The summed E-state index contributed by atoms with van der Waals surface area (Å²) in [6.45, 7) is 3.96. The molecule has 1 aromatic heterocycles. The predicted molar refractivity (Wildman–Crippen MR) is 98.4 cm³/mol. The van der Waals surface area contributed by atoms with Crippen molar-refractivity contribution in [2.75, 3.05) is 19.7 Å². The molecule has 0 aliphatic carbocycles. The van der Waals surface area contributed by atoms with Gasteiger partial charge in [0.05, 0.1) is 18.4 Å². The van der Waals surface area contributed by atoms with Crippen LogP contribution in [0.1, 0.15) is 24.1 Å². The molecule has 4 nitrogen and oxygen atoms in total. The third kappa shape index (κ3) is 4.09. The molecule has 3 aromatic rings. The first kappa shape index (κ1) is 16.3. The zero-order chi connectivity index (χ0) is 16.9. The second-order valence-electron chi connectivity index (χ2n) is 6.71. The monoisotopic (exact) mass is 336 g/mol. The number of benzene rings is 2. The van der Waals surface area contributed by atoms with Gasteiger partial charge in [0.15, 0.2) is 5.58 Å². The molecular weight excluding hydrogens is 312 g/mol. The Morgan fingerprint density at radius 3 is 2.60 bits per heavy atom. The minimum absolute atomic E-state index is 0.366. The molecule has 2 aromatic carbocycles. The lowest BCUT2D eigenvalue weighted by atomic mass is 10.1. The summed E-state index contributed by atoms with van der Waals surface area (Å²) in [5, 5.41) is 5.27. The molecule has 0 saturated carbocycles. The van der Waals surface area contributed by atoms with E-state index in [9.17, 15) is 0 Å². The fourth-order valence-electron chi connectivity index (χ4n) is 3.52. The predicted octanol–water partition coefficient (Wildman–Crippen LogP) is 4.05. The highest BCUT2D eigenvalue weighted by Crippen LogP contribution is 2.20. The maximum atomic E-state index is 6.10. The number of aromatic nitrogens is 1. The van der Waals surface area contributed by atoms with E-state index in [4.69, 9.17) is 9.26 Å². The summed E-state index contributed by atoms with van der Waals surface area (Å²) in [6, 6.07) is 18.7. The molecule has 2 heterocycles. The fraction of sp³-hybridized carbons (Fsp3) is 0.381. The molecule has 4 rings (SSSR count). The van der Waals surface area contributed by atoms with Gasteiger partial charge in [-0.25, -0.2) is 0 Å². The zero-order valence-corrected chi connectivity index (χ0v) is 14.4. The largest absolute Gasteiger partial charge is 0.378 e. The summed E-state index contributed by atoms with van der Waals surface area (Å²) in [5.41, 5.74) is 3.24. The number of rotatable bonds is 6. The quantitative estimate of drug-likeness (QED) is 0.681. The van der Waals surface area contributed by atoms with Crippen molar-refractivity contribution in [3.8, 4) is 0 Å². The second kappa shape index (κ2) is 7.81. The van der Waals surface area contributed by atoms with Gasteiger partial charge in [-0.3, -0.25) is 4.90 Å². The highest BCUT2D eigenvalue weighted by molar-refractivity contribution is 5.79. The topological polar surface area (TPSA) is 38.5 Å². The normalized spacial score (nSPS) is 16.5. The average molecular weight is 336 g/mol. The van der Waals surface area contributed by atoms with E-state index < -0.39 is 0 Å². The molecule has 0 spiro atoms. The van der Waals surface area contributed by atoms with Crippen LogP contribution in [-0.4, -0.2) is 35.9 Å². The molecule has 0 N–H and O–H groups in total. The summed E-state index contributed by atoms with van der Waals surface area (Å²) in [6.07, 6.45) is 3.38. The number of hydrogen-bond acceptors (Lipinski definition) is 4. The molecule has 0 radical (unpaired) electrons. The van der Waals surface area contributed by atoms with Crippen LogP contribution in [0.4, 0.5) is 0 Å². The van der Waals surface area contributed by atoms with Crippen LogP contribution in [0.25, 0.3) is 11.0 Å². The maximum Gasteiger partial charge on any atom is 0.167 e. The van der Waals surface area contributed by atoms with Gasteiger partial charge in [-0.1, -0.05) is 47.6 Å². The average Bonchev–Trinajstić information content (AvgIpc) is 3.07. The number of fused-ring (bicyclic) bond motifs is 1. The first-order valence-electron chi connectivity index (χ1n) is 9.10. The molecule has 0 bridgehead atoms. The molecule has 1 aliphatic rings. The molecule has 4 heteroatoms. The van der Waals surface area contributed by atoms with Gasteiger partial charge in [-0.05, 0) is 30.5 Å². The van der Waals surface area contributed by atoms with Crippen LogP contribution in [0.2, 0.25) is 0 Å². The van der Waals surface area contributed by atoms with Crippen LogP contribution >= 0.6 is 0 Å². The van der Waals surface area contributed by atoms with E-state index in [2.05, 4.69) is 46.5 Å². The highest BCUT2D eigenvalue weighted by Gasteiger charge is 2.20. The van der Waals surface area contributed by atoms with Crippen LogP contribution in [-0.2, 0) is 17.7 Å². The number of likely N-dealkylation sites (tertiary alicyclic amines) is 1. The lowest BCUT2D eigenvalue weighted by Gasteiger charge is -2.31. The molecule has 1 saturated heterocycles. The van der Waals surface area contributed by atoms with Crippen molar-refractivity contribution in [2.45, 2.75) is 31.9 Å². The first-order chi connectivity index (χ1) is 12.4. The molecule has 0 atom stereocenters. The van der Waals surface area contributed by atoms with Gasteiger partial charge in [0.25, 0.3) is 0 Å². The third-order valence-corrected chi connectivity index (χ3v) is 4.93. The van der Waals surface area contributed by atoms with Crippen LogP contribution < -0.4 is 0 Å². The Balaban J connectivity index is 1.21. The highest BCUT2D eigenvalue weighted by atomic mass is 16.5. The maximum absolute atomic E-state index is 6.10. The molecule has 0 amide bonds. The van der Waals surface area contributed by atoms with Crippen molar-refractivity contribution in [3.63, 3.8) is 0 Å². The van der Waals surface area contributed by atoms with E-state index in [0.29, 0.717) is 12.7 Å². The second-order valence-corrected chi connectivity index (χ2v) is 6.71. The number of ether oxygens (including phenoxy) is 1. The molecule has 1 fully saturated rings. The molecule has 130 valence electrons. The van der Waals surface area contributed by atoms with Gasteiger partial charge in [-0.15, -0.1) is 0 Å². The van der Waals surface area contributed by atoms with Crippen molar-refractivity contribution in [2.24, 2.45) is 0 Å². The first-order valence-corrected chi connectivity index (χ1v) is 9.10. The Kier molecular flexibility index (Phi) is 5.09. The van der Waals surface area contributed by atoms with Crippen LogP contribution in [0, 0.1) is 0 Å². The van der Waals surface area contributed by atoms with Crippen LogP contribution in [0.3, 0.4) is 0 Å².